The van der Waals surface area contributed by atoms with E-state index >= 15 is 0 Å². The van der Waals surface area contributed by atoms with Gasteiger partial charge in [0.25, 0.3) is 0 Å². The summed E-state index contributed by atoms with van der Waals surface area (Å²) in [5.41, 5.74) is 7.84. The standard InChI is InChI=1S/C60H40N2SSi/c1-4-18-41(19-5-1)42-32-36-46(37-33-42)64(44-20-6-2-7-21-44,45-22-8-3-9-23-45)47-38-34-43(35-39-47)61-53-28-14-12-26-50(53)52-40-56(60-58(59(52)61)51-27-13-17-31-57(51)63-60)62-54-29-15-10-24-48(54)49-25-11-16-30-55(49)62/h1-40H/i10D,15D,24D,29D. The predicted molar refractivity (Wildman–Crippen MR) is 277 cm³/mol. The fourth-order valence-electron chi connectivity index (χ4n) is 10.5. The topological polar surface area (TPSA) is 9.86 Å². The van der Waals surface area contributed by atoms with Gasteiger partial charge in [0.1, 0.15) is 0 Å². The molecule has 64 heavy (non-hydrogen) atoms. The number of aromatic nitrogens is 2. The largest absolute Gasteiger partial charge is 0.309 e. The maximum atomic E-state index is 9.34. The highest BCUT2D eigenvalue weighted by atomic mass is 32.1. The number of benzene rings is 10. The van der Waals surface area contributed by atoms with Gasteiger partial charge >= 0.3 is 0 Å². The summed E-state index contributed by atoms with van der Waals surface area (Å²) in [5, 5.41) is 11.0. The average molecular weight is 853 g/mol. The molecule has 0 N–H and O–H groups in total. The molecule has 0 saturated carbocycles. The molecule has 13 rings (SSSR count). The Morgan fingerprint density at radius 2 is 0.891 bits per heavy atom. The molecule has 0 aliphatic carbocycles. The normalized spacial score (nSPS) is 12.9. The van der Waals surface area contributed by atoms with Gasteiger partial charge in [-0.05, 0) is 74.3 Å². The molecule has 0 aliphatic heterocycles. The van der Waals surface area contributed by atoms with Gasteiger partial charge in [0, 0.05) is 42.7 Å². The number of fused-ring (bicyclic) bond motifs is 10. The van der Waals surface area contributed by atoms with Crippen LogP contribution in [-0.2, 0) is 0 Å². The number of rotatable bonds is 7. The molecule has 0 fully saturated rings. The molecule has 2 nitrogen and oxygen atoms in total. The Kier molecular flexibility index (Phi) is 7.54. The Morgan fingerprint density at radius 3 is 1.56 bits per heavy atom. The number of nitrogens with zero attached hydrogens (tertiary/aromatic N) is 2. The molecular weight excluding hydrogens is 809 g/mol. The second-order valence-electron chi connectivity index (χ2n) is 16.5. The molecule has 3 heterocycles. The van der Waals surface area contributed by atoms with Gasteiger partial charge < -0.3 is 9.13 Å². The highest BCUT2D eigenvalue weighted by Crippen LogP contribution is 2.47. The summed E-state index contributed by atoms with van der Waals surface area (Å²) in [6.07, 6.45) is 0. The number of para-hydroxylation sites is 3. The zero-order valence-corrected chi connectivity index (χ0v) is 36.4. The molecule has 0 spiro atoms. The minimum atomic E-state index is -2.87. The van der Waals surface area contributed by atoms with E-state index in [1.54, 1.807) is 11.3 Å². The van der Waals surface area contributed by atoms with Crippen molar-refractivity contribution in [3.05, 3.63) is 243 Å². The molecule has 13 aromatic rings. The van der Waals surface area contributed by atoms with Crippen LogP contribution in [0.5, 0.6) is 0 Å². The van der Waals surface area contributed by atoms with Crippen molar-refractivity contribution in [1.82, 2.24) is 9.13 Å². The highest BCUT2D eigenvalue weighted by molar-refractivity contribution is 7.26. The minimum absolute atomic E-state index is 0.0273. The van der Waals surface area contributed by atoms with Crippen molar-refractivity contribution < 1.29 is 5.48 Å². The van der Waals surface area contributed by atoms with Crippen molar-refractivity contribution in [2.45, 2.75) is 0 Å². The van der Waals surface area contributed by atoms with Crippen molar-refractivity contribution in [1.29, 1.82) is 0 Å². The summed E-state index contributed by atoms with van der Waals surface area (Å²) >= 11 is 1.73. The van der Waals surface area contributed by atoms with Crippen LogP contribution in [0, 0.1) is 0 Å². The first-order valence-electron chi connectivity index (χ1n) is 23.7. The lowest BCUT2D eigenvalue weighted by atomic mass is 10.1. The zero-order valence-electron chi connectivity index (χ0n) is 38.6. The van der Waals surface area contributed by atoms with Crippen LogP contribution in [0.4, 0.5) is 0 Å². The summed E-state index contributed by atoms with van der Waals surface area (Å²) in [5.74, 6) is 0. The van der Waals surface area contributed by atoms with Crippen molar-refractivity contribution in [3.63, 3.8) is 0 Å². The number of thiophene rings is 1. The maximum absolute atomic E-state index is 9.34. The first-order chi connectivity index (χ1) is 33.4. The van der Waals surface area contributed by atoms with Gasteiger partial charge in [0.2, 0.25) is 0 Å². The summed E-state index contributed by atoms with van der Waals surface area (Å²) in [4.78, 5) is 0. The molecular formula is C60H40N2SSi. The van der Waals surface area contributed by atoms with Gasteiger partial charge in [-0.1, -0.05) is 200 Å². The Labute approximate surface area is 381 Å². The molecule has 300 valence electrons. The second kappa shape index (κ2) is 14.7. The van der Waals surface area contributed by atoms with Crippen LogP contribution < -0.4 is 20.7 Å². The van der Waals surface area contributed by atoms with Crippen LogP contribution in [0.15, 0.2) is 243 Å². The van der Waals surface area contributed by atoms with Gasteiger partial charge in [-0.3, -0.25) is 0 Å². The van der Waals surface area contributed by atoms with Crippen LogP contribution in [0.3, 0.4) is 0 Å². The Morgan fingerprint density at radius 1 is 0.391 bits per heavy atom. The molecule has 4 heteroatoms. The van der Waals surface area contributed by atoms with E-state index in [9.17, 15) is 1.37 Å². The zero-order chi connectivity index (χ0) is 45.7. The Hall–Kier alpha value is -7.76. The molecule has 0 aliphatic rings. The SMILES string of the molecule is [2H]c1c([2H])c([2H])c2c(c1[2H])c1ccccc1n2-c1cc2c3ccccc3n(-c3ccc([Si](c4ccccc4)(c4ccccc4)c4ccc(-c5ccccc5)cc4)cc3)c2c2c1sc1ccccc12. The quantitative estimate of drug-likeness (QED) is 0.112. The van der Waals surface area contributed by atoms with E-state index in [-0.39, 0.29) is 24.2 Å². The number of hydrogen-bond acceptors (Lipinski definition) is 1. The van der Waals surface area contributed by atoms with E-state index in [2.05, 4.69) is 203 Å². The van der Waals surface area contributed by atoms with Gasteiger partial charge in [0.05, 0.1) is 37.9 Å². The lowest BCUT2D eigenvalue weighted by molar-refractivity contribution is 1.18. The summed E-state index contributed by atoms with van der Waals surface area (Å²) in [6.45, 7) is 0. The smallest absolute Gasteiger partial charge is 0.179 e. The van der Waals surface area contributed by atoms with Crippen molar-refractivity contribution in [2.75, 3.05) is 0 Å². The maximum Gasteiger partial charge on any atom is 0.179 e. The molecule has 0 radical (unpaired) electrons. The fourth-order valence-corrected chi connectivity index (χ4v) is 16.4. The predicted octanol–water partition coefficient (Wildman–Crippen LogP) is 13.3. The van der Waals surface area contributed by atoms with Crippen molar-refractivity contribution in [3.8, 4) is 22.5 Å². The first-order valence-corrected chi connectivity index (χ1v) is 24.5. The lowest BCUT2D eigenvalue weighted by Crippen LogP contribution is -2.74. The summed E-state index contributed by atoms with van der Waals surface area (Å²) < 4.78 is 42.6. The molecule has 3 aromatic heterocycles. The van der Waals surface area contributed by atoms with Gasteiger partial charge in [-0.2, -0.15) is 0 Å². The third kappa shape index (κ3) is 5.43. The van der Waals surface area contributed by atoms with Gasteiger partial charge in [0.15, 0.2) is 8.07 Å². The van der Waals surface area contributed by atoms with Gasteiger partial charge in [-0.15, -0.1) is 11.3 Å². The summed E-state index contributed by atoms with van der Waals surface area (Å²) in [7, 11) is -2.87. The van der Waals surface area contributed by atoms with E-state index in [1.807, 2.05) is 24.3 Å². The molecule has 0 saturated heterocycles. The van der Waals surface area contributed by atoms with E-state index in [0.717, 1.165) is 64.3 Å². The molecule has 0 amide bonds. The Bertz CT molecular complexity index is 4070. The second-order valence-corrected chi connectivity index (χ2v) is 21.4. The van der Waals surface area contributed by atoms with Crippen molar-refractivity contribution in [2.24, 2.45) is 0 Å². The minimum Gasteiger partial charge on any atom is -0.309 e. The van der Waals surface area contributed by atoms with Crippen LogP contribution in [-0.4, -0.2) is 17.2 Å². The van der Waals surface area contributed by atoms with E-state index in [4.69, 9.17) is 4.11 Å². The first kappa shape index (κ1) is 32.9. The molecule has 10 aromatic carbocycles. The van der Waals surface area contributed by atoms with Crippen LogP contribution in [0.25, 0.3) is 86.3 Å². The third-order valence-corrected chi connectivity index (χ3v) is 19.2. The highest BCUT2D eigenvalue weighted by Gasteiger charge is 2.41. The van der Waals surface area contributed by atoms with Gasteiger partial charge in [-0.25, -0.2) is 0 Å². The van der Waals surface area contributed by atoms with E-state index in [1.165, 1.54) is 31.9 Å². The monoisotopic (exact) mass is 852 g/mol. The molecule has 0 atom stereocenters. The fraction of sp³-hybridized carbons (Fsp3) is 0. The molecule has 0 unspecified atom stereocenters. The third-order valence-electron chi connectivity index (χ3n) is 13.2. The molecule has 0 bridgehead atoms. The lowest BCUT2D eigenvalue weighted by Gasteiger charge is -2.34. The Balaban J connectivity index is 1.09. The van der Waals surface area contributed by atoms with Crippen LogP contribution >= 0.6 is 11.3 Å². The average Bonchev–Trinajstić information content (AvgIpc) is 4.07. The van der Waals surface area contributed by atoms with Crippen molar-refractivity contribution >= 4 is 104 Å². The summed E-state index contributed by atoms with van der Waals surface area (Å²) in [6, 6.07) is 78.2. The van der Waals surface area contributed by atoms with Crippen LogP contribution in [0.1, 0.15) is 5.48 Å². The van der Waals surface area contributed by atoms with E-state index < -0.39 is 8.07 Å². The van der Waals surface area contributed by atoms with Crippen LogP contribution in [0.2, 0.25) is 0 Å². The number of hydrogen-bond donors (Lipinski definition) is 0. The van der Waals surface area contributed by atoms with E-state index in [0.29, 0.717) is 10.9 Å².